The van der Waals surface area contributed by atoms with E-state index in [0.717, 1.165) is 36.2 Å². The number of ether oxygens (including phenoxy) is 2. The van der Waals surface area contributed by atoms with Crippen LogP contribution in [0.2, 0.25) is 0 Å². The first-order valence-electron chi connectivity index (χ1n) is 11.7. The van der Waals surface area contributed by atoms with Crippen molar-refractivity contribution in [3.8, 4) is 11.5 Å². The van der Waals surface area contributed by atoms with E-state index in [9.17, 15) is 13.2 Å². The fraction of sp³-hybridized carbons (Fsp3) is 0.500. The molecule has 0 unspecified atom stereocenters. The number of benzene rings is 2. The second kappa shape index (κ2) is 9.04. The van der Waals surface area contributed by atoms with Crippen molar-refractivity contribution < 1.29 is 22.6 Å². The predicted molar refractivity (Wildman–Crippen MR) is 128 cm³/mol. The van der Waals surface area contributed by atoms with Crippen LogP contribution in [0.25, 0.3) is 11.0 Å². The lowest BCUT2D eigenvalue weighted by molar-refractivity contribution is -0.274. The van der Waals surface area contributed by atoms with Gasteiger partial charge < -0.3 is 19.4 Å². The Labute approximate surface area is 198 Å². The molecule has 1 aliphatic rings. The monoisotopic (exact) mass is 475 g/mol. The maximum Gasteiger partial charge on any atom is 0.573 e. The van der Waals surface area contributed by atoms with E-state index in [2.05, 4.69) is 35.4 Å². The molecule has 1 heterocycles. The van der Waals surface area contributed by atoms with Gasteiger partial charge in [-0.25, -0.2) is 4.98 Å². The molecular formula is C26H32F3N3O2. The van der Waals surface area contributed by atoms with Gasteiger partial charge in [-0.15, -0.1) is 13.2 Å². The molecule has 3 aromatic rings. The summed E-state index contributed by atoms with van der Waals surface area (Å²) in [7, 11) is 0. The number of fused-ring (bicyclic) bond motifs is 1. The largest absolute Gasteiger partial charge is 0.573 e. The second-order valence-corrected chi connectivity index (χ2v) is 10.4. The topological polar surface area (TPSA) is 48.3 Å². The van der Waals surface area contributed by atoms with Gasteiger partial charge in [0.15, 0.2) is 0 Å². The minimum absolute atomic E-state index is 0.0766. The van der Waals surface area contributed by atoms with Crippen molar-refractivity contribution in [3.05, 3.63) is 42.5 Å². The number of rotatable bonds is 6. The van der Waals surface area contributed by atoms with E-state index in [0.29, 0.717) is 17.4 Å². The van der Waals surface area contributed by atoms with Gasteiger partial charge in [-0.1, -0.05) is 20.8 Å². The molecule has 0 bridgehead atoms. The number of anilines is 2. The highest BCUT2D eigenvalue weighted by Gasteiger charge is 2.35. The number of imidazole rings is 1. The molecule has 4 rings (SSSR count). The summed E-state index contributed by atoms with van der Waals surface area (Å²) in [6.07, 6.45) is -1.60. The SMILES string of the molecule is CC(C)Oc1ccc(Nc2nc3cc(OC(F)(F)F)ccc3n2[C@@H]2C[C@H](C)CC(C)(C)C2)cc1. The number of halogens is 3. The van der Waals surface area contributed by atoms with Crippen LogP contribution in [0.4, 0.5) is 24.8 Å². The maximum atomic E-state index is 12.8. The van der Waals surface area contributed by atoms with Gasteiger partial charge in [0.25, 0.3) is 0 Å². The van der Waals surface area contributed by atoms with Crippen LogP contribution >= 0.6 is 0 Å². The summed E-state index contributed by atoms with van der Waals surface area (Å²) < 4.78 is 50.3. The zero-order chi connectivity index (χ0) is 24.7. The van der Waals surface area contributed by atoms with Crippen LogP contribution in [-0.2, 0) is 0 Å². The Balaban J connectivity index is 1.73. The zero-order valence-corrected chi connectivity index (χ0v) is 20.2. The van der Waals surface area contributed by atoms with Crippen molar-refractivity contribution in [2.24, 2.45) is 11.3 Å². The molecule has 0 aliphatic heterocycles. The van der Waals surface area contributed by atoms with Crippen molar-refractivity contribution in [2.45, 2.75) is 72.4 Å². The Hall–Kier alpha value is -2.90. The van der Waals surface area contributed by atoms with E-state index in [1.807, 2.05) is 38.1 Å². The van der Waals surface area contributed by atoms with Crippen LogP contribution < -0.4 is 14.8 Å². The van der Waals surface area contributed by atoms with Crippen LogP contribution in [0, 0.1) is 11.3 Å². The Bertz CT molecular complexity index is 1140. The zero-order valence-electron chi connectivity index (χ0n) is 20.2. The van der Waals surface area contributed by atoms with Gasteiger partial charge in [0.2, 0.25) is 5.95 Å². The van der Waals surface area contributed by atoms with E-state index in [-0.39, 0.29) is 23.3 Å². The molecular weight excluding hydrogens is 443 g/mol. The first kappa shape index (κ1) is 24.2. The molecule has 0 spiro atoms. The Morgan fingerprint density at radius 1 is 1.06 bits per heavy atom. The van der Waals surface area contributed by atoms with Crippen molar-refractivity contribution in [3.63, 3.8) is 0 Å². The van der Waals surface area contributed by atoms with Gasteiger partial charge >= 0.3 is 6.36 Å². The molecule has 2 aromatic carbocycles. The summed E-state index contributed by atoms with van der Waals surface area (Å²) in [6.45, 7) is 10.7. The molecule has 1 aliphatic carbocycles. The highest BCUT2D eigenvalue weighted by molar-refractivity contribution is 5.81. The molecule has 34 heavy (non-hydrogen) atoms. The van der Waals surface area contributed by atoms with Crippen LogP contribution in [0.1, 0.15) is 59.9 Å². The first-order valence-corrected chi connectivity index (χ1v) is 11.7. The summed E-state index contributed by atoms with van der Waals surface area (Å²) in [4.78, 5) is 4.69. The van der Waals surface area contributed by atoms with Gasteiger partial charge in [0, 0.05) is 17.8 Å². The smallest absolute Gasteiger partial charge is 0.491 e. The van der Waals surface area contributed by atoms with Gasteiger partial charge in [0.1, 0.15) is 11.5 Å². The van der Waals surface area contributed by atoms with Gasteiger partial charge in [-0.05, 0) is 80.8 Å². The summed E-state index contributed by atoms with van der Waals surface area (Å²) in [5.74, 6) is 1.63. The van der Waals surface area contributed by atoms with E-state index in [1.165, 1.54) is 12.1 Å². The Morgan fingerprint density at radius 2 is 1.74 bits per heavy atom. The molecule has 1 fully saturated rings. The van der Waals surface area contributed by atoms with Crippen molar-refractivity contribution in [2.75, 3.05) is 5.32 Å². The van der Waals surface area contributed by atoms with Gasteiger partial charge in [-0.2, -0.15) is 0 Å². The third kappa shape index (κ3) is 5.77. The normalized spacial score (nSPS) is 20.5. The molecule has 1 N–H and O–H groups in total. The molecule has 1 aromatic heterocycles. The Kier molecular flexibility index (Phi) is 6.44. The van der Waals surface area contributed by atoms with Gasteiger partial charge in [0.05, 0.1) is 17.1 Å². The fourth-order valence-corrected chi connectivity index (χ4v) is 5.24. The van der Waals surface area contributed by atoms with Crippen LogP contribution in [0.5, 0.6) is 11.5 Å². The summed E-state index contributed by atoms with van der Waals surface area (Å²) in [6, 6.07) is 12.1. The second-order valence-electron chi connectivity index (χ2n) is 10.4. The van der Waals surface area contributed by atoms with Crippen LogP contribution in [0.15, 0.2) is 42.5 Å². The Morgan fingerprint density at radius 3 is 2.35 bits per heavy atom. The minimum atomic E-state index is -4.75. The average molecular weight is 476 g/mol. The van der Waals surface area contributed by atoms with Crippen LogP contribution in [-0.4, -0.2) is 22.0 Å². The third-order valence-corrected chi connectivity index (χ3v) is 6.11. The molecule has 0 radical (unpaired) electrons. The molecule has 0 saturated heterocycles. The van der Waals surface area contributed by atoms with Crippen LogP contribution in [0.3, 0.4) is 0 Å². The highest BCUT2D eigenvalue weighted by atomic mass is 19.4. The lowest BCUT2D eigenvalue weighted by Crippen LogP contribution is -2.29. The summed E-state index contributed by atoms with van der Waals surface area (Å²) in [5.41, 5.74) is 2.22. The summed E-state index contributed by atoms with van der Waals surface area (Å²) in [5, 5.41) is 3.38. The van der Waals surface area contributed by atoms with Crippen molar-refractivity contribution >= 4 is 22.7 Å². The minimum Gasteiger partial charge on any atom is -0.491 e. The lowest BCUT2D eigenvalue weighted by atomic mass is 9.70. The van der Waals surface area contributed by atoms with Crippen molar-refractivity contribution in [1.29, 1.82) is 0 Å². The lowest BCUT2D eigenvalue weighted by Gasteiger charge is -2.40. The predicted octanol–water partition coefficient (Wildman–Crippen LogP) is 7.85. The maximum absolute atomic E-state index is 12.8. The number of aromatic nitrogens is 2. The fourth-order valence-electron chi connectivity index (χ4n) is 5.24. The number of hydrogen-bond acceptors (Lipinski definition) is 4. The summed E-state index contributed by atoms with van der Waals surface area (Å²) >= 11 is 0. The number of alkyl halides is 3. The van der Waals surface area contributed by atoms with E-state index >= 15 is 0 Å². The number of nitrogens with one attached hydrogen (secondary N) is 1. The molecule has 184 valence electrons. The molecule has 8 heteroatoms. The molecule has 2 atom stereocenters. The standard InChI is InChI=1S/C26H32F3N3O2/c1-16(2)33-20-8-6-18(7-9-20)30-24-31-22-13-21(34-26(27,28)29)10-11-23(22)32(24)19-12-17(3)14-25(4,5)15-19/h6-11,13,16-17,19H,12,14-15H2,1-5H3,(H,30,31)/t17-,19+/m0/s1. The third-order valence-electron chi connectivity index (χ3n) is 6.11. The van der Waals surface area contributed by atoms with E-state index < -0.39 is 6.36 Å². The molecule has 1 saturated carbocycles. The number of nitrogens with zero attached hydrogens (tertiary/aromatic N) is 2. The van der Waals surface area contributed by atoms with Crippen molar-refractivity contribution in [1.82, 2.24) is 9.55 Å². The van der Waals surface area contributed by atoms with Gasteiger partial charge in [-0.3, -0.25) is 0 Å². The molecule has 5 nitrogen and oxygen atoms in total. The number of hydrogen-bond donors (Lipinski definition) is 1. The highest BCUT2D eigenvalue weighted by Crippen LogP contribution is 2.46. The average Bonchev–Trinajstić information content (AvgIpc) is 3.03. The molecule has 0 amide bonds. The first-order chi connectivity index (χ1) is 15.9. The van der Waals surface area contributed by atoms with E-state index in [1.54, 1.807) is 6.07 Å². The quantitative estimate of drug-likeness (QED) is 0.394. The van der Waals surface area contributed by atoms with E-state index in [4.69, 9.17) is 9.72 Å².